The van der Waals surface area contributed by atoms with Crippen LogP contribution >= 0.6 is 35.0 Å². The monoisotopic (exact) mass is 572 g/mol. The molecule has 0 aliphatic carbocycles. The van der Waals surface area contributed by atoms with Crippen LogP contribution in [0.1, 0.15) is 36.5 Å². The van der Waals surface area contributed by atoms with Crippen LogP contribution in [0.15, 0.2) is 72.8 Å². The van der Waals surface area contributed by atoms with Gasteiger partial charge in [0.1, 0.15) is 11.8 Å². The van der Waals surface area contributed by atoms with Crippen LogP contribution in [-0.4, -0.2) is 42.2 Å². The zero-order valence-electron chi connectivity index (χ0n) is 21.8. The fraction of sp³-hybridized carbons (Fsp3) is 0.333. The predicted molar refractivity (Wildman–Crippen MR) is 158 cm³/mol. The molecule has 0 heterocycles. The van der Waals surface area contributed by atoms with Crippen molar-refractivity contribution in [2.45, 2.75) is 44.5 Å². The van der Waals surface area contributed by atoms with Gasteiger partial charge in [-0.15, -0.1) is 11.8 Å². The summed E-state index contributed by atoms with van der Waals surface area (Å²) in [6.45, 7) is 2.95. The molecule has 8 heteroatoms. The predicted octanol–water partition coefficient (Wildman–Crippen LogP) is 6.79. The van der Waals surface area contributed by atoms with Crippen molar-refractivity contribution < 1.29 is 14.3 Å². The van der Waals surface area contributed by atoms with E-state index >= 15 is 0 Å². The lowest BCUT2D eigenvalue weighted by Crippen LogP contribution is -2.51. The van der Waals surface area contributed by atoms with E-state index in [0.29, 0.717) is 41.1 Å². The summed E-state index contributed by atoms with van der Waals surface area (Å²) in [6, 6.07) is 22.2. The number of methoxy groups -OCH3 is 1. The highest BCUT2D eigenvalue weighted by molar-refractivity contribution is 7.99. The number of carbonyl (C=O) groups excluding carboxylic acids is 2. The molecule has 0 radical (unpaired) electrons. The molecule has 3 aromatic rings. The Labute approximate surface area is 239 Å². The summed E-state index contributed by atoms with van der Waals surface area (Å²) < 4.78 is 5.39. The summed E-state index contributed by atoms with van der Waals surface area (Å²) in [5, 5.41) is 4.04. The van der Waals surface area contributed by atoms with Gasteiger partial charge in [-0.25, -0.2) is 0 Å². The number of nitrogens with zero attached hydrogens (tertiary/aromatic N) is 1. The quantitative estimate of drug-likeness (QED) is 0.216. The van der Waals surface area contributed by atoms with Gasteiger partial charge < -0.3 is 15.0 Å². The van der Waals surface area contributed by atoms with E-state index in [4.69, 9.17) is 27.9 Å². The minimum Gasteiger partial charge on any atom is -0.497 e. The SMILES string of the molecule is CCCCNC(=O)[C@H](Cc1ccccc1)N(Cc1cccc(OC)c1)C(=O)CSCc1ccc(Cl)c(Cl)c1. The number of hydrogen-bond acceptors (Lipinski definition) is 4. The zero-order chi connectivity index (χ0) is 27.3. The minimum atomic E-state index is -0.654. The summed E-state index contributed by atoms with van der Waals surface area (Å²) >= 11 is 13.7. The molecule has 3 aromatic carbocycles. The number of thioether (sulfide) groups is 1. The standard InChI is InChI=1S/C30H34Cl2N2O3S/c1-3-4-15-33-30(36)28(18-22-9-6-5-7-10-22)34(19-23-11-8-12-25(16-23)37-2)29(35)21-38-20-24-13-14-26(31)27(32)17-24/h5-14,16-17,28H,3-4,15,18-21H2,1-2H3,(H,33,36)/t28-/m0/s1. The second-order valence-corrected chi connectivity index (χ2v) is 10.8. The van der Waals surface area contributed by atoms with Gasteiger partial charge in [-0.3, -0.25) is 9.59 Å². The normalized spacial score (nSPS) is 11.6. The topological polar surface area (TPSA) is 58.6 Å². The van der Waals surface area contributed by atoms with Gasteiger partial charge in [0.15, 0.2) is 0 Å². The van der Waals surface area contributed by atoms with E-state index in [-0.39, 0.29) is 17.6 Å². The van der Waals surface area contributed by atoms with Gasteiger partial charge in [0.2, 0.25) is 11.8 Å². The van der Waals surface area contributed by atoms with Crippen LogP contribution in [-0.2, 0) is 28.3 Å². The van der Waals surface area contributed by atoms with Gasteiger partial charge in [0.05, 0.1) is 22.9 Å². The molecule has 0 saturated heterocycles. The third kappa shape index (κ3) is 9.26. The average molecular weight is 574 g/mol. The van der Waals surface area contributed by atoms with Crippen molar-refractivity contribution in [1.82, 2.24) is 10.2 Å². The zero-order valence-corrected chi connectivity index (χ0v) is 24.1. The Morgan fingerprint density at radius 1 is 0.947 bits per heavy atom. The van der Waals surface area contributed by atoms with E-state index in [1.54, 1.807) is 18.1 Å². The molecule has 202 valence electrons. The lowest BCUT2D eigenvalue weighted by atomic mass is 10.0. The van der Waals surface area contributed by atoms with Crippen LogP contribution < -0.4 is 10.1 Å². The first-order valence-corrected chi connectivity index (χ1v) is 14.6. The van der Waals surface area contributed by atoms with Gasteiger partial charge in [0, 0.05) is 25.3 Å². The number of ether oxygens (including phenoxy) is 1. The second-order valence-electron chi connectivity index (χ2n) is 8.96. The second kappa shape index (κ2) is 15.7. The van der Waals surface area contributed by atoms with E-state index in [9.17, 15) is 9.59 Å². The minimum absolute atomic E-state index is 0.107. The number of benzene rings is 3. The third-order valence-corrected chi connectivity index (χ3v) is 7.79. The molecule has 0 unspecified atom stereocenters. The molecule has 0 aliphatic rings. The largest absolute Gasteiger partial charge is 0.497 e. The van der Waals surface area contributed by atoms with E-state index < -0.39 is 6.04 Å². The molecule has 0 fully saturated rings. The lowest BCUT2D eigenvalue weighted by molar-refractivity contribution is -0.139. The number of carbonyl (C=O) groups is 2. The molecule has 0 bridgehead atoms. The molecule has 0 aromatic heterocycles. The third-order valence-electron chi connectivity index (χ3n) is 6.07. The van der Waals surface area contributed by atoms with Gasteiger partial charge in [-0.2, -0.15) is 0 Å². The first-order chi connectivity index (χ1) is 18.4. The van der Waals surface area contributed by atoms with Crippen LogP contribution in [0.25, 0.3) is 0 Å². The summed E-state index contributed by atoms with van der Waals surface area (Å²) in [5.41, 5.74) is 2.87. The van der Waals surface area contributed by atoms with Gasteiger partial charge >= 0.3 is 0 Å². The highest BCUT2D eigenvalue weighted by Crippen LogP contribution is 2.25. The van der Waals surface area contributed by atoms with Crippen molar-refractivity contribution in [1.29, 1.82) is 0 Å². The maximum Gasteiger partial charge on any atom is 0.243 e. The molecule has 0 spiro atoms. The van der Waals surface area contributed by atoms with E-state index in [0.717, 1.165) is 29.5 Å². The van der Waals surface area contributed by atoms with Gasteiger partial charge in [-0.05, 0) is 47.4 Å². The van der Waals surface area contributed by atoms with Gasteiger partial charge in [0.25, 0.3) is 0 Å². The number of nitrogens with one attached hydrogen (secondary N) is 1. The van der Waals surface area contributed by atoms with Crippen molar-refractivity contribution in [3.8, 4) is 5.75 Å². The molecular formula is C30H34Cl2N2O3S. The number of hydrogen-bond donors (Lipinski definition) is 1. The molecular weight excluding hydrogens is 539 g/mol. The molecule has 0 aliphatic heterocycles. The number of rotatable bonds is 14. The Morgan fingerprint density at radius 2 is 1.71 bits per heavy atom. The van der Waals surface area contributed by atoms with Crippen molar-refractivity contribution in [2.75, 3.05) is 19.4 Å². The molecule has 38 heavy (non-hydrogen) atoms. The summed E-state index contributed by atoms with van der Waals surface area (Å²) in [7, 11) is 1.61. The molecule has 2 amide bonds. The Kier molecular flexibility index (Phi) is 12.3. The summed E-state index contributed by atoms with van der Waals surface area (Å²) in [4.78, 5) is 28.9. The summed E-state index contributed by atoms with van der Waals surface area (Å²) in [6.07, 6.45) is 2.28. The molecule has 0 saturated carbocycles. The molecule has 5 nitrogen and oxygen atoms in total. The molecule has 1 N–H and O–H groups in total. The molecule has 1 atom stereocenters. The molecule has 3 rings (SSSR count). The van der Waals surface area contributed by atoms with Crippen LogP contribution in [0.5, 0.6) is 5.75 Å². The van der Waals surface area contributed by atoms with Crippen molar-refractivity contribution >= 4 is 46.8 Å². The average Bonchev–Trinajstić information content (AvgIpc) is 2.93. The number of halogens is 2. The fourth-order valence-electron chi connectivity index (χ4n) is 4.00. The summed E-state index contributed by atoms with van der Waals surface area (Å²) in [5.74, 6) is 1.27. The van der Waals surface area contributed by atoms with Crippen molar-refractivity contribution in [3.63, 3.8) is 0 Å². The van der Waals surface area contributed by atoms with E-state index in [1.165, 1.54) is 11.8 Å². The van der Waals surface area contributed by atoms with E-state index in [1.807, 2.05) is 66.7 Å². The van der Waals surface area contributed by atoms with Crippen LogP contribution in [0, 0.1) is 0 Å². The first kappa shape index (κ1) is 29.9. The van der Waals surface area contributed by atoms with Crippen LogP contribution in [0.2, 0.25) is 10.0 Å². The Morgan fingerprint density at radius 3 is 2.42 bits per heavy atom. The van der Waals surface area contributed by atoms with Crippen molar-refractivity contribution in [2.24, 2.45) is 0 Å². The van der Waals surface area contributed by atoms with Crippen LogP contribution in [0.3, 0.4) is 0 Å². The van der Waals surface area contributed by atoms with E-state index in [2.05, 4.69) is 12.2 Å². The maximum absolute atomic E-state index is 13.7. The Balaban J connectivity index is 1.84. The highest BCUT2D eigenvalue weighted by atomic mass is 35.5. The highest BCUT2D eigenvalue weighted by Gasteiger charge is 2.30. The van der Waals surface area contributed by atoms with Crippen LogP contribution in [0.4, 0.5) is 0 Å². The van der Waals surface area contributed by atoms with Gasteiger partial charge in [-0.1, -0.05) is 85.1 Å². The Bertz CT molecular complexity index is 1190. The van der Waals surface area contributed by atoms with Crippen molar-refractivity contribution in [3.05, 3.63) is 99.5 Å². The fourth-order valence-corrected chi connectivity index (χ4v) is 5.17. The first-order valence-electron chi connectivity index (χ1n) is 12.7. The Hall–Kier alpha value is -2.67. The lowest BCUT2D eigenvalue weighted by Gasteiger charge is -2.31. The number of amides is 2. The smallest absolute Gasteiger partial charge is 0.243 e. The number of unbranched alkanes of at least 4 members (excludes halogenated alkanes) is 1. The maximum atomic E-state index is 13.7.